The molecule has 0 bridgehead atoms. The molecule has 0 spiro atoms. The molecule has 0 unspecified atom stereocenters. The van der Waals surface area contributed by atoms with E-state index < -0.39 is 11.7 Å². The van der Waals surface area contributed by atoms with Crippen LogP contribution in [0.1, 0.15) is 37.4 Å². The fourth-order valence-corrected chi connectivity index (χ4v) is 4.52. The molecule has 31 heavy (non-hydrogen) atoms. The lowest BCUT2D eigenvalue weighted by atomic mass is 10.1. The Bertz CT molecular complexity index is 1150. The summed E-state index contributed by atoms with van der Waals surface area (Å²) in [7, 11) is 1.50. The van der Waals surface area contributed by atoms with Crippen molar-refractivity contribution in [3.8, 4) is 5.75 Å². The Balaban J connectivity index is 1.88. The number of para-hydroxylation sites is 1. The Morgan fingerprint density at radius 1 is 1.13 bits per heavy atom. The second-order valence-electron chi connectivity index (χ2n) is 8.25. The number of nitrogens with zero attached hydrogens (tertiary/aromatic N) is 3. The van der Waals surface area contributed by atoms with Crippen LogP contribution in [0.3, 0.4) is 0 Å². The minimum atomic E-state index is -4.49. The van der Waals surface area contributed by atoms with Crippen LogP contribution in [0.2, 0.25) is 0 Å². The van der Waals surface area contributed by atoms with Gasteiger partial charge in [0.25, 0.3) is 0 Å². The van der Waals surface area contributed by atoms with E-state index in [4.69, 9.17) is 4.74 Å². The van der Waals surface area contributed by atoms with Gasteiger partial charge in [0, 0.05) is 19.1 Å². The van der Waals surface area contributed by atoms with E-state index in [1.165, 1.54) is 23.8 Å². The van der Waals surface area contributed by atoms with E-state index in [-0.39, 0.29) is 23.8 Å². The van der Waals surface area contributed by atoms with Crippen LogP contribution in [0.5, 0.6) is 5.75 Å². The van der Waals surface area contributed by atoms with Crippen LogP contribution < -0.4 is 10.4 Å². The minimum Gasteiger partial charge on any atom is -0.494 e. The van der Waals surface area contributed by atoms with Gasteiger partial charge in [-0.3, -0.25) is 14.0 Å². The molecule has 1 aliphatic heterocycles. The van der Waals surface area contributed by atoms with Gasteiger partial charge in [-0.1, -0.05) is 24.3 Å². The van der Waals surface area contributed by atoms with Crippen molar-refractivity contribution in [2.45, 2.75) is 45.1 Å². The Labute approximate surface area is 178 Å². The molecule has 2 aromatic carbocycles. The van der Waals surface area contributed by atoms with Crippen LogP contribution >= 0.6 is 0 Å². The topological polar surface area (TPSA) is 39.4 Å². The quantitative estimate of drug-likeness (QED) is 0.593. The zero-order valence-electron chi connectivity index (χ0n) is 17.8. The van der Waals surface area contributed by atoms with E-state index in [9.17, 15) is 18.0 Å². The van der Waals surface area contributed by atoms with E-state index in [2.05, 4.69) is 18.7 Å². The number of rotatable bonds is 5. The summed E-state index contributed by atoms with van der Waals surface area (Å²) in [5.41, 5.74) is 0.216. The SMILES string of the molecule is COc1cccc2c1n(Cc1ccccc1C(F)(F)F)c(=O)n2[C@@H]1CCN(C(C)C)C1. The van der Waals surface area contributed by atoms with Crippen molar-refractivity contribution in [3.05, 3.63) is 64.1 Å². The maximum absolute atomic E-state index is 13.6. The third-order valence-corrected chi connectivity index (χ3v) is 6.11. The fraction of sp³-hybridized carbons (Fsp3) is 0.435. The van der Waals surface area contributed by atoms with E-state index >= 15 is 0 Å². The number of ether oxygens (including phenoxy) is 1. The molecule has 8 heteroatoms. The summed E-state index contributed by atoms with van der Waals surface area (Å²) in [6.45, 7) is 5.66. The predicted octanol–water partition coefficient (Wildman–Crippen LogP) is 4.53. The lowest BCUT2D eigenvalue weighted by Crippen LogP contribution is -2.32. The number of methoxy groups -OCH3 is 1. The first-order valence-electron chi connectivity index (χ1n) is 10.4. The second-order valence-corrected chi connectivity index (χ2v) is 8.25. The van der Waals surface area contributed by atoms with Crippen molar-refractivity contribution < 1.29 is 17.9 Å². The van der Waals surface area contributed by atoms with Crippen molar-refractivity contribution in [1.82, 2.24) is 14.0 Å². The number of fused-ring (bicyclic) bond motifs is 1. The maximum Gasteiger partial charge on any atom is 0.416 e. The third-order valence-electron chi connectivity index (χ3n) is 6.11. The summed E-state index contributed by atoms with van der Waals surface area (Å²) in [6.07, 6.45) is -3.68. The summed E-state index contributed by atoms with van der Waals surface area (Å²) in [5.74, 6) is 0.469. The van der Waals surface area contributed by atoms with Crippen LogP contribution in [0.25, 0.3) is 11.0 Å². The molecule has 4 rings (SSSR count). The molecule has 1 fully saturated rings. The average molecular weight is 433 g/mol. The van der Waals surface area contributed by atoms with E-state index in [1.54, 1.807) is 22.8 Å². The highest BCUT2D eigenvalue weighted by molar-refractivity contribution is 5.83. The second kappa shape index (κ2) is 8.07. The molecule has 1 atom stereocenters. The Kier molecular flexibility index (Phi) is 5.60. The number of alkyl halides is 3. The van der Waals surface area contributed by atoms with Gasteiger partial charge >= 0.3 is 11.9 Å². The molecule has 0 saturated carbocycles. The molecular formula is C23H26F3N3O2. The number of likely N-dealkylation sites (tertiary alicyclic amines) is 1. The lowest BCUT2D eigenvalue weighted by Gasteiger charge is -2.20. The van der Waals surface area contributed by atoms with Crippen LogP contribution in [0.4, 0.5) is 13.2 Å². The third kappa shape index (κ3) is 3.84. The zero-order chi connectivity index (χ0) is 22.3. The first kappa shape index (κ1) is 21.5. The number of halogens is 3. The summed E-state index contributed by atoms with van der Waals surface area (Å²) in [6, 6.07) is 11.1. The van der Waals surface area contributed by atoms with Gasteiger partial charge in [-0.15, -0.1) is 0 Å². The largest absolute Gasteiger partial charge is 0.494 e. The van der Waals surface area contributed by atoms with Crippen molar-refractivity contribution >= 4 is 11.0 Å². The van der Waals surface area contributed by atoms with Gasteiger partial charge in [0.1, 0.15) is 11.3 Å². The van der Waals surface area contributed by atoms with Crippen molar-refractivity contribution in [1.29, 1.82) is 0 Å². The normalized spacial score (nSPS) is 17.7. The number of hydrogen-bond acceptors (Lipinski definition) is 3. The number of aromatic nitrogens is 2. The number of benzene rings is 2. The van der Waals surface area contributed by atoms with Crippen LogP contribution in [-0.4, -0.2) is 40.3 Å². The van der Waals surface area contributed by atoms with Crippen molar-refractivity contribution in [3.63, 3.8) is 0 Å². The predicted molar refractivity (Wildman–Crippen MR) is 114 cm³/mol. The molecule has 166 valence electrons. The van der Waals surface area contributed by atoms with Gasteiger partial charge in [0.15, 0.2) is 0 Å². The summed E-state index contributed by atoms with van der Waals surface area (Å²) >= 11 is 0. The van der Waals surface area contributed by atoms with Gasteiger partial charge in [-0.25, -0.2) is 4.79 Å². The van der Waals surface area contributed by atoms with Gasteiger partial charge in [-0.05, 0) is 44.0 Å². The molecule has 0 N–H and O–H groups in total. The summed E-state index contributed by atoms with van der Waals surface area (Å²) in [4.78, 5) is 15.9. The van der Waals surface area contributed by atoms with Crippen molar-refractivity contribution in [2.75, 3.05) is 20.2 Å². The highest BCUT2D eigenvalue weighted by Crippen LogP contribution is 2.34. The molecule has 5 nitrogen and oxygen atoms in total. The molecule has 0 radical (unpaired) electrons. The Hall–Kier alpha value is -2.74. The van der Waals surface area contributed by atoms with E-state index in [0.29, 0.717) is 22.8 Å². The van der Waals surface area contributed by atoms with Crippen LogP contribution in [0, 0.1) is 0 Å². The van der Waals surface area contributed by atoms with Crippen LogP contribution in [0.15, 0.2) is 47.3 Å². The first-order valence-corrected chi connectivity index (χ1v) is 10.4. The lowest BCUT2D eigenvalue weighted by molar-refractivity contribution is -0.138. The minimum absolute atomic E-state index is 0.0383. The highest BCUT2D eigenvalue weighted by Gasteiger charge is 2.34. The molecule has 1 aliphatic rings. The Morgan fingerprint density at radius 2 is 1.87 bits per heavy atom. The average Bonchev–Trinajstić information content (AvgIpc) is 3.31. The van der Waals surface area contributed by atoms with Gasteiger partial charge < -0.3 is 4.74 Å². The smallest absolute Gasteiger partial charge is 0.416 e. The standard InChI is InChI=1S/C23H26F3N3O2/c1-15(2)27-12-11-17(14-27)29-19-9-6-10-20(31-3)21(19)28(22(29)30)13-16-7-4-5-8-18(16)23(24,25)26/h4-10,15,17H,11-14H2,1-3H3/t17-/m1/s1. The molecule has 1 aromatic heterocycles. The zero-order valence-corrected chi connectivity index (χ0v) is 17.8. The van der Waals surface area contributed by atoms with E-state index in [1.807, 2.05) is 6.07 Å². The molecule has 0 amide bonds. The summed E-state index contributed by atoms with van der Waals surface area (Å²) in [5, 5.41) is 0. The van der Waals surface area contributed by atoms with Gasteiger partial charge in [0.2, 0.25) is 0 Å². The van der Waals surface area contributed by atoms with Crippen LogP contribution in [-0.2, 0) is 12.7 Å². The molecule has 2 heterocycles. The summed E-state index contributed by atoms with van der Waals surface area (Å²) < 4.78 is 49.3. The molecule has 3 aromatic rings. The maximum atomic E-state index is 13.6. The Morgan fingerprint density at radius 3 is 2.52 bits per heavy atom. The van der Waals surface area contributed by atoms with Gasteiger partial charge in [0.05, 0.1) is 30.8 Å². The molecular weight excluding hydrogens is 407 g/mol. The number of imidazole rings is 1. The number of hydrogen-bond donors (Lipinski definition) is 0. The fourth-order valence-electron chi connectivity index (χ4n) is 4.52. The molecule has 0 aliphatic carbocycles. The monoisotopic (exact) mass is 433 g/mol. The van der Waals surface area contributed by atoms with Gasteiger partial charge in [-0.2, -0.15) is 13.2 Å². The highest BCUT2D eigenvalue weighted by atomic mass is 19.4. The van der Waals surface area contributed by atoms with E-state index in [0.717, 1.165) is 25.6 Å². The molecule has 1 saturated heterocycles. The van der Waals surface area contributed by atoms with Crippen molar-refractivity contribution in [2.24, 2.45) is 0 Å². The first-order chi connectivity index (χ1) is 14.7.